The molecule has 0 fully saturated rings. The van der Waals surface area contributed by atoms with E-state index in [9.17, 15) is 9.59 Å². The number of carbonyl (C=O) groups excluding carboxylic acids is 2. The summed E-state index contributed by atoms with van der Waals surface area (Å²) in [4.78, 5) is 27.9. The van der Waals surface area contributed by atoms with Crippen LogP contribution in [0.2, 0.25) is 0 Å². The summed E-state index contributed by atoms with van der Waals surface area (Å²) in [6, 6.07) is 21.7. The highest BCUT2D eigenvalue weighted by molar-refractivity contribution is 6.05. The molecule has 0 saturated carbocycles. The number of hydrogen-bond acceptors (Lipinski definition) is 3. The molecule has 0 unspecified atom stereocenters. The van der Waals surface area contributed by atoms with Gasteiger partial charge in [0.2, 0.25) is 0 Å². The van der Waals surface area contributed by atoms with E-state index in [4.69, 9.17) is 4.74 Å². The first-order chi connectivity index (χ1) is 15.6. The highest BCUT2D eigenvalue weighted by Gasteiger charge is 2.10. The fraction of sp³-hybridized carbons (Fsp3) is 0.120. The maximum Gasteiger partial charge on any atom is 0.319 e. The summed E-state index contributed by atoms with van der Waals surface area (Å²) in [6.45, 7) is 0.507. The standard InChI is InChI=1S/C25H24N4O3/c1-32-23-9-5-4-8-22(23)29-24(30)17-10-12-19(13-11-17)28-25(31)26-15-14-18-16-27-21-7-3-2-6-20(18)21/h2-13,16,27H,14-15H2,1H3,(H,29,30)(H2,26,28,31). The number of nitrogens with one attached hydrogen (secondary N) is 4. The van der Waals surface area contributed by atoms with Crippen LogP contribution in [0.3, 0.4) is 0 Å². The quantitative estimate of drug-likeness (QED) is 0.341. The van der Waals surface area contributed by atoms with Crippen LogP contribution in [-0.2, 0) is 6.42 Å². The summed E-state index contributed by atoms with van der Waals surface area (Å²) in [5.41, 5.74) is 3.91. The van der Waals surface area contributed by atoms with Crippen molar-refractivity contribution in [3.8, 4) is 5.75 Å². The molecule has 0 spiro atoms. The topological polar surface area (TPSA) is 95.2 Å². The number of rotatable bonds is 7. The molecule has 0 bridgehead atoms. The van der Waals surface area contributed by atoms with Gasteiger partial charge in [-0.15, -0.1) is 0 Å². The highest BCUT2D eigenvalue weighted by Crippen LogP contribution is 2.24. The van der Waals surface area contributed by atoms with Crippen LogP contribution in [0.5, 0.6) is 5.75 Å². The molecule has 3 aromatic carbocycles. The van der Waals surface area contributed by atoms with Gasteiger partial charge in [0.05, 0.1) is 12.8 Å². The minimum Gasteiger partial charge on any atom is -0.495 e. The van der Waals surface area contributed by atoms with Crippen LogP contribution in [0.4, 0.5) is 16.2 Å². The largest absolute Gasteiger partial charge is 0.495 e. The van der Waals surface area contributed by atoms with Crippen LogP contribution in [0, 0.1) is 0 Å². The van der Waals surface area contributed by atoms with Crippen molar-refractivity contribution in [2.75, 3.05) is 24.3 Å². The highest BCUT2D eigenvalue weighted by atomic mass is 16.5. The Kier molecular flexibility index (Phi) is 6.36. The number of aromatic nitrogens is 1. The summed E-state index contributed by atoms with van der Waals surface area (Å²) < 4.78 is 5.25. The van der Waals surface area contributed by atoms with E-state index in [1.165, 1.54) is 0 Å². The van der Waals surface area contributed by atoms with Gasteiger partial charge >= 0.3 is 6.03 Å². The van der Waals surface area contributed by atoms with E-state index in [2.05, 4.69) is 27.0 Å². The average molecular weight is 428 g/mol. The van der Waals surface area contributed by atoms with E-state index in [0.717, 1.165) is 22.9 Å². The van der Waals surface area contributed by atoms with Crippen molar-refractivity contribution in [2.24, 2.45) is 0 Å². The van der Waals surface area contributed by atoms with Crippen molar-refractivity contribution in [3.63, 3.8) is 0 Å². The van der Waals surface area contributed by atoms with Crippen LogP contribution in [0.15, 0.2) is 79.0 Å². The third-order valence-corrected chi connectivity index (χ3v) is 5.11. The van der Waals surface area contributed by atoms with Gasteiger partial charge < -0.3 is 25.7 Å². The lowest BCUT2D eigenvalue weighted by Gasteiger charge is -2.11. The van der Waals surface area contributed by atoms with Gasteiger partial charge in [-0.3, -0.25) is 4.79 Å². The van der Waals surface area contributed by atoms with E-state index in [0.29, 0.717) is 29.2 Å². The summed E-state index contributed by atoms with van der Waals surface area (Å²) in [5, 5.41) is 9.63. The van der Waals surface area contributed by atoms with Crippen LogP contribution in [0.1, 0.15) is 15.9 Å². The van der Waals surface area contributed by atoms with Crippen LogP contribution in [0.25, 0.3) is 10.9 Å². The molecule has 0 radical (unpaired) electrons. The minimum atomic E-state index is -0.295. The summed E-state index contributed by atoms with van der Waals surface area (Å²) >= 11 is 0. The van der Waals surface area contributed by atoms with Gasteiger partial charge in [-0.1, -0.05) is 30.3 Å². The number of anilines is 2. The van der Waals surface area contributed by atoms with E-state index >= 15 is 0 Å². The second-order valence-corrected chi connectivity index (χ2v) is 7.22. The van der Waals surface area contributed by atoms with Gasteiger partial charge in [0.25, 0.3) is 5.91 Å². The van der Waals surface area contributed by atoms with Crippen molar-refractivity contribution in [1.29, 1.82) is 0 Å². The van der Waals surface area contributed by atoms with Crippen molar-refractivity contribution in [3.05, 3.63) is 90.1 Å². The second-order valence-electron chi connectivity index (χ2n) is 7.22. The summed E-state index contributed by atoms with van der Waals surface area (Å²) in [6.07, 6.45) is 2.69. The van der Waals surface area contributed by atoms with Gasteiger partial charge in [-0.05, 0) is 54.4 Å². The molecule has 0 aliphatic heterocycles. The number of aromatic amines is 1. The number of methoxy groups -OCH3 is 1. The fourth-order valence-corrected chi connectivity index (χ4v) is 3.47. The van der Waals surface area contributed by atoms with Crippen LogP contribution in [-0.4, -0.2) is 30.6 Å². The molecule has 0 atom stereocenters. The van der Waals surface area contributed by atoms with Gasteiger partial charge in [0.1, 0.15) is 5.75 Å². The number of amides is 3. The smallest absolute Gasteiger partial charge is 0.319 e. The molecule has 162 valence electrons. The Balaban J connectivity index is 1.28. The van der Waals surface area contributed by atoms with Gasteiger partial charge in [-0.25, -0.2) is 4.79 Å². The van der Waals surface area contributed by atoms with Crippen molar-refractivity contribution in [1.82, 2.24) is 10.3 Å². The Labute approximate surface area is 185 Å². The number of carbonyl (C=O) groups is 2. The zero-order valence-electron chi connectivity index (χ0n) is 17.6. The number of urea groups is 1. The number of hydrogen-bond donors (Lipinski definition) is 4. The number of fused-ring (bicyclic) bond motifs is 1. The summed E-state index contributed by atoms with van der Waals surface area (Å²) in [7, 11) is 1.55. The normalized spacial score (nSPS) is 10.5. The minimum absolute atomic E-state index is 0.260. The molecule has 7 nitrogen and oxygen atoms in total. The SMILES string of the molecule is COc1ccccc1NC(=O)c1ccc(NC(=O)NCCc2c[nH]c3ccccc23)cc1. The first-order valence-corrected chi connectivity index (χ1v) is 10.3. The Morgan fingerprint density at radius 1 is 0.906 bits per heavy atom. The Morgan fingerprint density at radius 3 is 2.47 bits per heavy atom. The molecule has 0 saturated heterocycles. The second kappa shape index (κ2) is 9.70. The fourth-order valence-electron chi connectivity index (χ4n) is 3.47. The molecule has 4 N–H and O–H groups in total. The molecule has 3 amide bonds. The third-order valence-electron chi connectivity index (χ3n) is 5.11. The monoisotopic (exact) mass is 428 g/mol. The number of ether oxygens (including phenoxy) is 1. The zero-order valence-corrected chi connectivity index (χ0v) is 17.6. The third kappa shape index (κ3) is 4.89. The van der Waals surface area contributed by atoms with Crippen molar-refractivity contribution >= 4 is 34.2 Å². The van der Waals surface area contributed by atoms with Gasteiger partial charge in [0, 0.05) is 34.9 Å². The Morgan fingerprint density at radius 2 is 1.66 bits per heavy atom. The number of benzene rings is 3. The number of H-pyrrole nitrogens is 1. The first-order valence-electron chi connectivity index (χ1n) is 10.3. The molecule has 7 heteroatoms. The van der Waals surface area contributed by atoms with E-state index in [1.54, 1.807) is 43.5 Å². The van der Waals surface area contributed by atoms with E-state index < -0.39 is 0 Å². The van der Waals surface area contributed by atoms with Crippen LogP contribution < -0.4 is 20.7 Å². The molecule has 1 aromatic heterocycles. The molecular formula is C25H24N4O3. The molecule has 4 aromatic rings. The Bertz CT molecular complexity index is 1230. The van der Waals surface area contributed by atoms with E-state index in [-0.39, 0.29) is 11.9 Å². The lowest BCUT2D eigenvalue weighted by atomic mass is 10.1. The molecule has 1 heterocycles. The lowest BCUT2D eigenvalue weighted by Crippen LogP contribution is -2.30. The average Bonchev–Trinajstić information content (AvgIpc) is 3.23. The molecule has 4 rings (SSSR count). The lowest BCUT2D eigenvalue weighted by molar-refractivity contribution is 0.102. The molecule has 0 aliphatic rings. The predicted molar refractivity (Wildman–Crippen MR) is 126 cm³/mol. The van der Waals surface area contributed by atoms with Gasteiger partial charge in [0.15, 0.2) is 0 Å². The van der Waals surface area contributed by atoms with Crippen molar-refractivity contribution < 1.29 is 14.3 Å². The van der Waals surface area contributed by atoms with E-state index in [1.807, 2.05) is 36.5 Å². The van der Waals surface area contributed by atoms with Crippen LogP contribution >= 0.6 is 0 Å². The van der Waals surface area contributed by atoms with Gasteiger partial charge in [-0.2, -0.15) is 0 Å². The molecular weight excluding hydrogens is 404 g/mol. The maximum atomic E-state index is 12.5. The molecule has 0 aliphatic carbocycles. The molecule has 32 heavy (non-hydrogen) atoms. The number of para-hydroxylation sites is 3. The van der Waals surface area contributed by atoms with Crippen molar-refractivity contribution in [2.45, 2.75) is 6.42 Å². The maximum absolute atomic E-state index is 12.5. The Hall–Kier alpha value is -4.26. The first kappa shape index (κ1) is 21.0. The predicted octanol–water partition coefficient (Wildman–Crippen LogP) is 4.79. The summed E-state index contributed by atoms with van der Waals surface area (Å²) in [5.74, 6) is 0.327. The zero-order chi connectivity index (χ0) is 22.3.